The van der Waals surface area contributed by atoms with Gasteiger partial charge in [-0.25, -0.2) is 4.39 Å². The smallest absolute Gasteiger partial charge is 0.256 e. The highest BCUT2D eigenvalue weighted by molar-refractivity contribution is 6.31. The van der Waals surface area contributed by atoms with Gasteiger partial charge in [-0.05, 0) is 24.6 Å². The molecule has 1 heterocycles. The van der Waals surface area contributed by atoms with Gasteiger partial charge < -0.3 is 4.90 Å². The predicted molar refractivity (Wildman–Crippen MR) is 78.6 cm³/mol. The average molecular weight is 310 g/mol. The number of hydrogen-bond donors (Lipinski definition) is 0. The van der Waals surface area contributed by atoms with E-state index in [2.05, 4.69) is 11.0 Å². The topological polar surface area (TPSA) is 47.3 Å². The van der Waals surface area contributed by atoms with Gasteiger partial charge in [-0.15, -0.1) is 0 Å². The minimum Gasteiger partial charge on any atom is -0.336 e. The normalized spacial score (nSPS) is 17.3. The molecule has 1 atom stereocenters. The van der Waals surface area contributed by atoms with Crippen LogP contribution in [0, 0.1) is 17.1 Å². The fourth-order valence-electron chi connectivity index (χ4n) is 2.50. The largest absolute Gasteiger partial charge is 0.336 e. The van der Waals surface area contributed by atoms with E-state index in [1.54, 1.807) is 4.90 Å². The Kier molecular flexibility index (Phi) is 5.16. The van der Waals surface area contributed by atoms with Crippen molar-refractivity contribution < 1.29 is 9.18 Å². The van der Waals surface area contributed by atoms with Crippen molar-refractivity contribution in [2.75, 3.05) is 26.2 Å². The molecule has 0 radical (unpaired) electrons. The summed E-state index contributed by atoms with van der Waals surface area (Å²) in [5.41, 5.74) is 0.00303. The van der Waals surface area contributed by atoms with Crippen molar-refractivity contribution >= 4 is 17.5 Å². The first-order valence-electron chi connectivity index (χ1n) is 6.94. The molecule has 6 heteroatoms. The minimum absolute atomic E-state index is 0.00303. The molecule has 1 aliphatic rings. The third kappa shape index (κ3) is 3.52. The van der Waals surface area contributed by atoms with Gasteiger partial charge in [0.25, 0.3) is 5.91 Å². The Balaban J connectivity index is 2.04. The van der Waals surface area contributed by atoms with Crippen molar-refractivity contribution in [3.63, 3.8) is 0 Å². The predicted octanol–water partition coefficient (Wildman–Crippen LogP) is 2.54. The molecule has 112 valence electrons. The average Bonchev–Trinajstić information content (AvgIpc) is 2.51. The van der Waals surface area contributed by atoms with Crippen molar-refractivity contribution in [1.29, 1.82) is 5.26 Å². The number of carbonyl (C=O) groups excluding carboxylic acids is 1. The second-order valence-electron chi connectivity index (χ2n) is 5.01. The van der Waals surface area contributed by atoms with Crippen molar-refractivity contribution in [3.8, 4) is 6.07 Å². The summed E-state index contributed by atoms with van der Waals surface area (Å²) in [5, 5.41) is 9.40. The lowest BCUT2D eigenvalue weighted by Crippen LogP contribution is -2.51. The van der Waals surface area contributed by atoms with Crippen LogP contribution in [0.4, 0.5) is 4.39 Å². The molecule has 1 aliphatic heterocycles. The van der Waals surface area contributed by atoms with E-state index in [4.69, 9.17) is 16.9 Å². The molecule has 1 amide bonds. The lowest BCUT2D eigenvalue weighted by Gasteiger charge is -2.36. The molecular formula is C15H17ClFN3O. The zero-order chi connectivity index (χ0) is 15.4. The molecule has 0 aliphatic carbocycles. The summed E-state index contributed by atoms with van der Waals surface area (Å²) in [6, 6.07) is 6.12. The van der Waals surface area contributed by atoms with E-state index < -0.39 is 5.82 Å². The van der Waals surface area contributed by atoms with Crippen LogP contribution in [0.1, 0.15) is 23.7 Å². The summed E-state index contributed by atoms with van der Waals surface area (Å²) in [6.07, 6.45) is 0.757. The molecule has 1 saturated heterocycles. The number of nitrogens with zero attached hydrogens (tertiary/aromatic N) is 3. The summed E-state index contributed by atoms with van der Waals surface area (Å²) in [6.45, 7) is 4.19. The fraction of sp³-hybridized carbons (Fsp3) is 0.467. The van der Waals surface area contributed by atoms with Crippen LogP contribution in [-0.2, 0) is 0 Å². The maximum atomic E-state index is 13.7. The number of piperazine rings is 1. The van der Waals surface area contributed by atoms with Gasteiger partial charge in [0.1, 0.15) is 5.82 Å². The number of carbonyl (C=O) groups is 1. The third-order valence-corrected chi connectivity index (χ3v) is 3.97. The Morgan fingerprint density at radius 1 is 1.43 bits per heavy atom. The molecule has 1 fully saturated rings. The number of halogens is 2. The highest BCUT2D eigenvalue weighted by Crippen LogP contribution is 2.18. The Labute approximate surface area is 128 Å². The molecule has 0 bridgehead atoms. The number of rotatable bonds is 3. The van der Waals surface area contributed by atoms with Crippen LogP contribution in [0.2, 0.25) is 5.02 Å². The van der Waals surface area contributed by atoms with Gasteiger partial charge in [0, 0.05) is 31.2 Å². The number of amides is 1. The third-order valence-electron chi connectivity index (χ3n) is 3.74. The van der Waals surface area contributed by atoms with Crippen LogP contribution in [0.5, 0.6) is 0 Å². The number of benzene rings is 1. The van der Waals surface area contributed by atoms with E-state index in [0.29, 0.717) is 31.2 Å². The van der Waals surface area contributed by atoms with Gasteiger partial charge in [-0.2, -0.15) is 5.26 Å². The van der Waals surface area contributed by atoms with Crippen LogP contribution < -0.4 is 0 Å². The quantitative estimate of drug-likeness (QED) is 0.862. The first-order chi connectivity index (χ1) is 10.1. The van der Waals surface area contributed by atoms with E-state index in [1.165, 1.54) is 18.2 Å². The highest BCUT2D eigenvalue weighted by Gasteiger charge is 2.27. The fourth-order valence-corrected chi connectivity index (χ4v) is 2.67. The van der Waals surface area contributed by atoms with E-state index >= 15 is 0 Å². The molecule has 4 nitrogen and oxygen atoms in total. The molecule has 0 saturated carbocycles. The molecule has 0 aromatic heterocycles. The van der Waals surface area contributed by atoms with Crippen molar-refractivity contribution in [2.45, 2.75) is 19.4 Å². The van der Waals surface area contributed by atoms with Gasteiger partial charge in [0.15, 0.2) is 0 Å². The molecule has 21 heavy (non-hydrogen) atoms. The van der Waals surface area contributed by atoms with Gasteiger partial charge in [-0.1, -0.05) is 18.5 Å². The summed E-state index contributed by atoms with van der Waals surface area (Å²) in [7, 11) is 0. The summed E-state index contributed by atoms with van der Waals surface area (Å²) < 4.78 is 13.7. The van der Waals surface area contributed by atoms with E-state index in [0.717, 1.165) is 6.42 Å². The Bertz CT molecular complexity index is 565. The maximum absolute atomic E-state index is 13.7. The zero-order valence-corrected chi connectivity index (χ0v) is 12.6. The van der Waals surface area contributed by atoms with E-state index in [9.17, 15) is 9.18 Å². The highest BCUT2D eigenvalue weighted by atomic mass is 35.5. The molecule has 1 aromatic carbocycles. The lowest BCUT2D eigenvalue weighted by molar-refractivity contribution is 0.0600. The minimum atomic E-state index is -0.560. The standard InChI is InChI=1S/C15H17ClFN3O/c1-2-12(10-18)19-5-7-20(8-6-19)15(21)13-9-11(16)3-4-14(13)17/h3-4,9,12H,2,5-8H2,1H3. The molecular weight excluding hydrogens is 293 g/mol. The molecule has 0 spiro atoms. The maximum Gasteiger partial charge on any atom is 0.256 e. The summed E-state index contributed by atoms with van der Waals surface area (Å²) in [5.74, 6) is -0.907. The van der Waals surface area contributed by atoms with Gasteiger partial charge in [0.05, 0.1) is 17.7 Å². The monoisotopic (exact) mass is 309 g/mol. The van der Waals surface area contributed by atoms with Gasteiger partial charge in [0.2, 0.25) is 0 Å². The van der Waals surface area contributed by atoms with Crippen LogP contribution >= 0.6 is 11.6 Å². The van der Waals surface area contributed by atoms with E-state index in [1.807, 2.05) is 6.92 Å². The van der Waals surface area contributed by atoms with Crippen molar-refractivity contribution in [2.24, 2.45) is 0 Å². The summed E-state index contributed by atoms with van der Waals surface area (Å²) in [4.78, 5) is 16.0. The van der Waals surface area contributed by atoms with Crippen molar-refractivity contribution in [1.82, 2.24) is 9.80 Å². The zero-order valence-electron chi connectivity index (χ0n) is 11.9. The second-order valence-corrected chi connectivity index (χ2v) is 5.44. The van der Waals surface area contributed by atoms with Gasteiger partial charge in [-0.3, -0.25) is 9.69 Å². The van der Waals surface area contributed by atoms with Crippen molar-refractivity contribution in [3.05, 3.63) is 34.6 Å². The van der Waals surface area contributed by atoms with E-state index in [-0.39, 0.29) is 17.5 Å². The Morgan fingerprint density at radius 2 is 2.10 bits per heavy atom. The Morgan fingerprint density at radius 3 is 2.67 bits per heavy atom. The first kappa shape index (κ1) is 15.7. The van der Waals surface area contributed by atoms with Crippen LogP contribution in [0.15, 0.2) is 18.2 Å². The molecule has 2 rings (SSSR count). The molecule has 0 N–H and O–H groups in total. The Hall–Kier alpha value is -1.64. The summed E-state index contributed by atoms with van der Waals surface area (Å²) >= 11 is 5.82. The number of nitriles is 1. The SMILES string of the molecule is CCC(C#N)N1CCN(C(=O)c2cc(Cl)ccc2F)CC1. The lowest BCUT2D eigenvalue weighted by atomic mass is 10.1. The first-order valence-corrected chi connectivity index (χ1v) is 7.32. The second kappa shape index (κ2) is 6.88. The molecule has 1 aromatic rings. The molecule has 1 unspecified atom stereocenters. The van der Waals surface area contributed by atoms with Crippen LogP contribution in [-0.4, -0.2) is 47.9 Å². The van der Waals surface area contributed by atoms with Crippen LogP contribution in [0.3, 0.4) is 0 Å². The van der Waals surface area contributed by atoms with Gasteiger partial charge >= 0.3 is 0 Å². The van der Waals surface area contributed by atoms with Crippen LogP contribution in [0.25, 0.3) is 0 Å². The number of hydrogen-bond acceptors (Lipinski definition) is 3.